The van der Waals surface area contributed by atoms with Gasteiger partial charge in [0.1, 0.15) is 10.7 Å². The predicted octanol–water partition coefficient (Wildman–Crippen LogP) is 2.13. The van der Waals surface area contributed by atoms with Crippen molar-refractivity contribution in [3.63, 3.8) is 0 Å². The summed E-state index contributed by atoms with van der Waals surface area (Å²) >= 11 is 4.77. The molecule has 1 aromatic heterocycles. The van der Waals surface area contributed by atoms with Crippen LogP contribution in [0.4, 0.5) is 20.4 Å². The first kappa shape index (κ1) is 12.3. The predicted molar refractivity (Wildman–Crippen MR) is 67.6 cm³/mol. The smallest absolute Gasteiger partial charge is 0.227 e. The van der Waals surface area contributed by atoms with Crippen molar-refractivity contribution in [1.82, 2.24) is 9.97 Å². The number of anilines is 2. The Hall–Kier alpha value is -2.15. The molecule has 3 N–H and O–H groups in total. The molecule has 0 unspecified atom stereocenters. The topological polar surface area (TPSA) is 63.8 Å². The number of thiocarbonyl (C=S) groups is 1. The van der Waals surface area contributed by atoms with Crippen LogP contribution >= 0.6 is 12.2 Å². The van der Waals surface area contributed by atoms with Gasteiger partial charge in [0.15, 0.2) is 11.6 Å². The Balaban J connectivity index is 2.25. The van der Waals surface area contributed by atoms with E-state index in [-0.39, 0.29) is 10.9 Å². The molecule has 0 amide bonds. The van der Waals surface area contributed by atoms with Gasteiger partial charge in [0.05, 0.1) is 0 Å². The van der Waals surface area contributed by atoms with E-state index in [9.17, 15) is 8.78 Å². The molecule has 92 valence electrons. The fraction of sp³-hybridized carbons (Fsp3) is 0. The third kappa shape index (κ3) is 2.75. The molecule has 0 atom stereocenters. The summed E-state index contributed by atoms with van der Waals surface area (Å²) in [7, 11) is 0. The van der Waals surface area contributed by atoms with E-state index in [1.165, 1.54) is 12.3 Å². The van der Waals surface area contributed by atoms with Crippen molar-refractivity contribution in [2.24, 2.45) is 5.73 Å². The van der Waals surface area contributed by atoms with E-state index < -0.39 is 11.6 Å². The maximum atomic E-state index is 13.0. The van der Waals surface area contributed by atoms with Crippen molar-refractivity contribution < 1.29 is 8.78 Å². The van der Waals surface area contributed by atoms with Crippen molar-refractivity contribution in [2.75, 3.05) is 5.32 Å². The van der Waals surface area contributed by atoms with Crippen LogP contribution in [0, 0.1) is 11.6 Å². The van der Waals surface area contributed by atoms with E-state index in [0.717, 1.165) is 12.1 Å². The van der Waals surface area contributed by atoms with Crippen molar-refractivity contribution in [3.8, 4) is 0 Å². The van der Waals surface area contributed by atoms with Gasteiger partial charge in [0.2, 0.25) is 5.95 Å². The highest BCUT2D eigenvalue weighted by Crippen LogP contribution is 2.16. The Morgan fingerprint density at radius 2 is 2.00 bits per heavy atom. The average molecular weight is 266 g/mol. The van der Waals surface area contributed by atoms with E-state index in [1.807, 2.05) is 0 Å². The van der Waals surface area contributed by atoms with Crippen LogP contribution in [0.3, 0.4) is 0 Å². The maximum Gasteiger partial charge on any atom is 0.227 e. The Labute approximate surface area is 107 Å². The summed E-state index contributed by atoms with van der Waals surface area (Å²) in [4.78, 5) is 8.06. The molecule has 0 radical (unpaired) electrons. The molecule has 2 aromatic rings. The number of hydrogen-bond donors (Lipinski definition) is 2. The Morgan fingerprint density at radius 1 is 1.22 bits per heavy atom. The molecule has 0 saturated heterocycles. The second kappa shape index (κ2) is 5.01. The van der Waals surface area contributed by atoms with Crippen molar-refractivity contribution in [1.29, 1.82) is 0 Å². The number of benzene rings is 1. The number of nitrogens with one attached hydrogen (secondary N) is 1. The second-order valence-electron chi connectivity index (χ2n) is 3.38. The zero-order chi connectivity index (χ0) is 13.1. The van der Waals surface area contributed by atoms with Crippen LogP contribution in [-0.4, -0.2) is 15.0 Å². The molecule has 0 aliphatic rings. The number of aromatic nitrogens is 2. The summed E-state index contributed by atoms with van der Waals surface area (Å²) in [6.45, 7) is 0. The third-order valence-corrected chi connectivity index (χ3v) is 2.29. The lowest BCUT2D eigenvalue weighted by Gasteiger charge is -2.06. The Morgan fingerprint density at radius 3 is 2.67 bits per heavy atom. The molecular formula is C11H8F2N4S. The molecule has 7 heteroatoms. The fourth-order valence-electron chi connectivity index (χ4n) is 1.26. The molecule has 18 heavy (non-hydrogen) atoms. The van der Waals surface area contributed by atoms with Gasteiger partial charge in [-0.15, -0.1) is 0 Å². The highest BCUT2D eigenvalue weighted by molar-refractivity contribution is 7.80. The number of rotatable bonds is 3. The first-order chi connectivity index (χ1) is 8.56. The summed E-state index contributed by atoms with van der Waals surface area (Å²) in [5.41, 5.74) is 6.15. The second-order valence-corrected chi connectivity index (χ2v) is 3.82. The molecule has 0 aliphatic heterocycles. The highest BCUT2D eigenvalue weighted by atomic mass is 32.1. The van der Waals surface area contributed by atoms with Crippen molar-refractivity contribution in [3.05, 3.63) is 47.8 Å². The maximum absolute atomic E-state index is 13.0. The monoisotopic (exact) mass is 266 g/mol. The van der Waals surface area contributed by atoms with Crippen LogP contribution in [0.25, 0.3) is 0 Å². The van der Waals surface area contributed by atoms with E-state index >= 15 is 0 Å². The minimum Gasteiger partial charge on any atom is -0.388 e. The van der Waals surface area contributed by atoms with Crippen LogP contribution in [0.1, 0.15) is 5.69 Å². The molecule has 0 fully saturated rings. The van der Waals surface area contributed by atoms with E-state index in [4.69, 9.17) is 18.0 Å². The number of hydrogen-bond acceptors (Lipinski definition) is 4. The fourth-order valence-corrected chi connectivity index (χ4v) is 1.37. The molecule has 2 rings (SSSR count). The summed E-state index contributed by atoms with van der Waals surface area (Å²) in [6, 6.07) is 4.94. The van der Waals surface area contributed by atoms with Gasteiger partial charge in [0.25, 0.3) is 0 Å². The summed E-state index contributed by atoms with van der Waals surface area (Å²) < 4.78 is 25.7. The zero-order valence-corrected chi connectivity index (χ0v) is 9.84. The first-order valence-corrected chi connectivity index (χ1v) is 5.32. The van der Waals surface area contributed by atoms with Crippen molar-refractivity contribution >= 4 is 28.8 Å². The summed E-state index contributed by atoms with van der Waals surface area (Å²) in [5.74, 6) is -1.67. The first-order valence-electron chi connectivity index (χ1n) is 4.91. The molecule has 0 bridgehead atoms. The lowest BCUT2D eigenvalue weighted by atomic mass is 10.3. The Kier molecular flexibility index (Phi) is 3.42. The standard InChI is InChI=1S/C11H8F2N4S/c12-7-2-1-6(5-8(7)13)16-11-15-4-3-9(17-11)10(14)18/h1-5H,(H2,14,18)(H,15,16,17). The highest BCUT2D eigenvalue weighted by Gasteiger charge is 2.05. The molecule has 4 nitrogen and oxygen atoms in total. The minimum atomic E-state index is -0.953. The van der Waals surface area contributed by atoms with Gasteiger partial charge in [-0.05, 0) is 18.2 Å². The van der Waals surface area contributed by atoms with Crippen LogP contribution in [0.15, 0.2) is 30.5 Å². The van der Waals surface area contributed by atoms with E-state index in [2.05, 4.69) is 15.3 Å². The van der Waals surface area contributed by atoms with Gasteiger partial charge in [0, 0.05) is 18.0 Å². The van der Waals surface area contributed by atoms with Gasteiger partial charge in [-0.25, -0.2) is 18.7 Å². The zero-order valence-electron chi connectivity index (χ0n) is 9.02. The molecule has 0 spiro atoms. The van der Waals surface area contributed by atoms with Gasteiger partial charge in [-0.2, -0.15) is 0 Å². The van der Waals surface area contributed by atoms with Crippen LogP contribution < -0.4 is 11.1 Å². The number of halogens is 2. The third-order valence-electron chi connectivity index (χ3n) is 2.08. The molecule has 0 aliphatic carbocycles. The summed E-state index contributed by atoms with van der Waals surface area (Å²) in [5, 5.41) is 2.72. The average Bonchev–Trinajstić information content (AvgIpc) is 2.34. The Bertz CT molecular complexity index is 603. The van der Waals surface area contributed by atoms with Gasteiger partial charge in [-0.1, -0.05) is 12.2 Å². The van der Waals surface area contributed by atoms with Crippen LogP contribution in [0.5, 0.6) is 0 Å². The molecule has 1 heterocycles. The molecule has 1 aromatic carbocycles. The van der Waals surface area contributed by atoms with E-state index in [0.29, 0.717) is 11.4 Å². The van der Waals surface area contributed by atoms with Crippen molar-refractivity contribution in [2.45, 2.75) is 0 Å². The largest absolute Gasteiger partial charge is 0.388 e. The number of nitrogens with zero attached hydrogens (tertiary/aromatic N) is 2. The van der Waals surface area contributed by atoms with Crippen LogP contribution in [0.2, 0.25) is 0 Å². The SMILES string of the molecule is NC(=S)c1ccnc(Nc2ccc(F)c(F)c2)n1. The lowest BCUT2D eigenvalue weighted by molar-refractivity contribution is 0.509. The molecule has 0 saturated carbocycles. The molecular weight excluding hydrogens is 258 g/mol. The number of nitrogens with two attached hydrogens (primary N) is 1. The summed E-state index contributed by atoms with van der Waals surface area (Å²) in [6.07, 6.45) is 1.46. The normalized spacial score (nSPS) is 10.1. The quantitative estimate of drug-likeness (QED) is 0.833. The minimum absolute atomic E-state index is 0.130. The van der Waals surface area contributed by atoms with Gasteiger partial charge in [-0.3, -0.25) is 0 Å². The van der Waals surface area contributed by atoms with Gasteiger partial charge < -0.3 is 11.1 Å². The van der Waals surface area contributed by atoms with Crippen LogP contribution in [-0.2, 0) is 0 Å². The lowest BCUT2D eigenvalue weighted by Crippen LogP contribution is -2.12. The van der Waals surface area contributed by atoms with Gasteiger partial charge >= 0.3 is 0 Å². The van der Waals surface area contributed by atoms with E-state index in [1.54, 1.807) is 6.07 Å².